The molecular weight excluding hydrogens is 442 g/mol. The molecule has 44 valence electrons. The molecule has 0 saturated carbocycles. The minimum atomic E-state index is 0. The smallest absolute Gasteiger partial charge is 0 e. The Morgan fingerprint density at radius 2 is 2.00 bits per heavy atom. The van der Waals surface area contributed by atoms with Gasteiger partial charge in [-0.1, -0.05) is 0 Å². The standard InChI is InChI=1S/C5H6N.2W/c1-2-3-4-5-6;;/h1-4H,6H2;;/q-1;;/b3-2-;;. The van der Waals surface area contributed by atoms with Crippen molar-refractivity contribution in [2.75, 3.05) is 0 Å². The van der Waals surface area contributed by atoms with Crippen LogP contribution < -0.4 is 5.73 Å². The molecule has 0 aromatic rings. The molecule has 0 fully saturated rings. The Morgan fingerprint density at radius 3 is 2.38 bits per heavy atom. The average Bonchev–Trinajstić information content (AvgIpc) is 1.69. The van der Waals surface area contributed by atoms with Gasteiger partial charge in [-0.15, -0.1) is 0 Å². The molecule has 0 spiro atoms. The van der Waals surface area contributed by atoms with E-state index < -0.39 is 0 Å². The molecule has 0 aliphatic heterocycles. The maximum absolute atomic E-state index is 4.91. The van der Waals surface area contributed by atoms with Gasteiger partial charge in [0.2, 0.25) is 0 Å². The van der Waals surface area contributed by atoms with E-state index in [9.17, 15) is 0 Å². The van der Waals surface area contributed by atoms with Crippen LogP contribution in [0.1, 0.15) is 0 Å². The van der Waals surface area contributed by atoms with Crippen LogP contribution in [0.3, 0.4) is 0 Å². The zero-order valence-corrected chi connectivity index (χ0v) is 10.1. The molecule has 8 heavy (non-hydrogen) atoms. The quantitative estimate of drug-likeness (QED) is 0.364. The summed E-state index contributed by atoms with van der Waals surface area (Å²) < 4.78 is 2.01. The van der Waals surface area contributed by atoms with Gasteiger partial charge in [-0.05, 0) is 0 Å². The summed E-state index contributed by atoms with van der Waals surface area (Å²) >= 11 is 1.44. The summed E-state index contributed by atoms with van der Waals surface area (Å²) in [6.45, 7) is 0. The molecule has 0 amide bonds. The van der Waals surface area contributed by atoms with Crippen LogP contribution in [0, 0.1) is 6.20 Å². The normalized spacial score (nSPS) is 9.50. The minimum Gasteiger partial charge on any atom is 0 e. The number of allylic oxidation sites excluding steroid dienone is 3. The number of nitrogens with two attached hydrogens (primary N) is 1. The van der Waals surface area contributed by atoms with Crippen molar-refractivity contribution in [3.63, 3.8) is 0 Å². The second kappa shape index (κ2) is 10.5. The SMILES string of the molecule is N[C-]=C/C=C\[CH]=[W].[W]. The maximum Gasteiger partial charge on any atom is 0 e. The second-order valence-corrected chi connectivity index (χ2v) is 1.83. The van der Waals surface area contributed by atoms with Crippen LogP contribution in [0.5, 0.6) is 0 Å². The van der Waals surface area contributed by atoms with Gasteiger partial charge in [-0.3, -0.25) is 0 Å². The van der Waals surface area contributed by atoms with E-state index in [4.69, 9.17) is 5.73 Å². The molecule has 0 heterocycles. The molecule has 0 aromatic heterocycles. The maximum atomic E-state index is 4.91. The van der Waals surface area contributed by atoms with Gasteiger partial charge in [0.15, 0.2) is 0 Å². The predicted octanol–water partition coefficient (Wildman–Crippen LogP) is 0.165. The summed E-state index contributed by atoms with van der Waals surface area (Å²) in [4.78, 5) is 0. The topological polar surface area (TPSA) is 26.0 Å². The molecule has 1 nitrogen and oxygen atoms in total. The van der Waals surface area contributed by atoms with Crippen LogP contribution in [0.2, 0.25) is 0 Å². The predicted molar refractivity (Wildman–Crippen MR) is 27.2 cm³/mol. The van der Waals surface area contributed by atoms with Gasteiger partial charge in [0, 0.05) is 21.1 Å². The van der Waals surface area contributed by atoms with E-state index in [0.29, 0.717) is 0 Å². The van der Waals surface area contributed by atoms with Gasteiger partial charge in [-0.25, -0.2) is 0 Å². The Labute approximate surface area is 74.7 Å². The summed E-state index contributed by atoms with van der Waals surface area (Å²) in [5, 5.41) is 0. The summed E-state index contributed by atoms with van der Waals surface area (Å²) in [5.74, 6) is 0. The van der Waals surface area contributed by atoms with Crippen molar-refractivity contribution in [3.8, 4) is 0 Å². The van der Waals surface area contributed by atoms with Crippen molar-refractivity contribution in [1.82, 2.24) is 0 Å². The molecule has 2 N–H and O–H groups in total. The van der Waals surface area contributed by atoms with Crippen molar-refractivity contribution in [2.24, 2.45) is 5.73 Å². The largest absolute Gasteiger partial charge is 0 e. The zero-order chi connectivity index (χ0) is 5.54. The number of rotatable bonds is 2. The van der Waals surface area contributed by atoms with E-state index in [-0.39, 0.29) is 21.1 Å². The Hall–Kier alpha value is 0.527. The minimum absolute atomic E-state index is 0. The first kappa shape index (κ1) is 11.3. The molecule has 0 aliphatic rings. The average molecular weight is 448 g/mol. The zero-order valence-electron chi connectivity index (χ0n) is 4.20. The van der Waals surface area contributed by atoms with E-state index in [1.807, 2.05) is 16.6 Å². The molecule has 0 unspecified atom stereocenters. The first-order valence-corrected chi connectivity index (χ1v) is 3.51. The van der Waals surface area contributed by atoms with Gasteiger partial charge in [0.05, 0.1) is 0 Å². The molecule has 0 saturated heterocycles. The van der Waals surface area contributed by atoms with Crippen LogP contribution in [-0.2, 0) is 40.4 Å². The van der Waals surface area contributed by atoms with Gasteiger partial charge < -0.3 is 0 Å². The summed E-state index contributed by atoms with van der Waals surface area (Å²) in [6.07, 6.45) is 7.81. The monoisotopic (exact) mass is 448 g/mol. The molecule has 0 rings (SSSR count). The first-order chi connectivity index (χ1) is 3.41. The molecule has 0 aromatic carbocycles. The second-order valence-electron chi connectivity index (χ2n) is 0.854. The van der Waals surface area contributed by atoms with Crippen molar-refractivity contribution in [3.05, 3.63) is 24.4 Å². The first-order valence-electron chi connectivity index (χ1n) is 1.81. The van der Waals surface area contributed by atoms with Crippen LogP contribution in [-0.4, -0.2) is 4.40 Å². The molecule has 0 atom stereocenters. The van der Waals surface area contributed by atoms with E-state index >= 15 is 0 Å². The Morgan fingerprint density at radius 1 is 1.38 bits per heavy atom. The number of hydrogen-bond acceptors (Lipinski definition) is 1. The third-order valence-electron chi connectivity index (χ3n) is 0.382. The molecule has 0 aliphatic carbocycles. The Bertz CT molecular complexity index is 96.6. The number of hydrogen-bond donors (Lipinski definition) is 1. The van der Waals surface area contributed by atoms with Crippen LogP contribution in [0.25, 0.3) is 0 Å². The summed E-state index contributed by atoms with van der Waals surface area (Å²) in [7, 11) is 0. The Balaban J connectivity index is 0. The fourth-order valence-corrected chi connectivity index (χ4v) is 0.482. The van der Waals surface area contributed by atoms with Crippen LogP contribution in [0.4, 0.5) is 0 Å². The summed E-state index contributed by atoms with van der Waals surface area (Å²) in [6, 6.07) is 0. The van der Waals surface area contributed by atoms with Crippen molar-refractivity contribution < 1.29 is 40.4 Å². The van der Waals surface area contributed by atoms with Gasteiger partial charge >= 0.3 is 53.9 Å². The van der Waals surface area contributed by atoms with Crippen molar-refractivity contribution >= 4 is 4.40 Å². The van der Waals surface area contributed by atoms with E-state index in [1.54, 1.807) is 6.08 Å². The fourth-order valence-electron chi connectivity index (χ4n) is 0.156. The molecule has 3 heteroatoms. The molecule has 0 radical (unpaired) electrons. The fraction of sp³-hybridized carbons (Fsp3) is 0. The Kier molecular flexibility index (Phi) is 14.9. The van der Waals surface area contributed by atoms with Crippen molar-refractivity contribution in [1.29, 1.82) is 0 Å². The third-order valence-corrected chi connectivity index (χ3v) is 0.947. The van der Waals surface area contributed by atoms with E-state index in [0.717, 1.165) is 0 Å². The van der Waals surface area contributed by atoms with E-state index in [1.165, 1.54) is 19.4 Å². The van der Waals surface area contributed by atoms with Crippen LogP contribution >= 0.6 is 0 Å². The van der Waals surface area contributed by atoms with Crippen LogP contribution in [0.15, 0.2) is 18.2 Å². The third kappa shape index (κ3) is 9.73. The van der Waals surface area contributed by atoms with Crippen molar-refractivity contribution in [2.45, 2.75) is 0 Å². The van der Waals surface area contributed by atoms with E-state index in [2.05, 4.69) is 6.20 Å². The molecule has 0 bridgehead atoms. The van der Waals surface area contributed by atoms with Gasteiger partial charge in [-0.2, -0.15) is 0 Å². The van der Waals surface area contributed by atoms with Gasteiger partial charge in [0.1, 0.15) is 0 Å². The molecular formula is C5H6NW2-. The van der Waals surface area contributed by atoms with Gasteiger partial charge in [0.25, 0.3) is 0 Å². The summed E-state index contributed by atoms with van der Waals surface area (Å²) in [5.41, 5.74) is 4.91.